The summed E-state index contributed by atoms with van der Waals surface area (Å²) in [4.78, 5) is 21.2. The molecule has 0 unspecified atom stereocenters. The Morgan fingerprint density at radius 1 is 1.05 bits per heavy atom. The average molecular weight is 267 g/mol. The number of hydrogen-bond donors (Lipinski definition) is 3. The van der Waals surface area contributed by atoms with Crippen molar-refractivity contribution in [2.75, 3.05) is 14.1 Å². The van der Waals surface area contributed by atoms with Crippen LogP contribution in [0.1, 0.15) is 5.56 Å². The van der Waals surface area contributed by atoms with Crippen LogP contribution in [-0.4, -0.2) is 46.3 Å². The van der Waals surface area contributed by atoms with E-state index >= 15 is 0 Å². The van der Waals surface area contributed by atoms with Gasteiger partial charge in [-0.1, -0.05) is 12.1 Å². The van der Waals surface area contributed by atoms with Gasteiger partial charge in [0.05, 0.1) is 0 Å². The second-order valence-corrected chi connectivity index (χ2v) is 3.91. The number of nitrogens with zero attached hydrogens (tertiary/aromatic N) is 1. The maximum absolute atomic E-state index is 9.55. The van der Waals surface area contributed by atoms with E-state index in [-0.39, 0.29) is 0 Å². The Morgan fingerprint density at radius 3 is 1.79 bits per heavy atom. The summed E-state index contributed by atoms with van der Waals surface area (Å²) in [7, 11) is 4.04. The lowest BCUT2D eigenvalue weighted by molar-refractivity contribution is -0.134. The number of hydrogen-bond acceptors (Lipinski definition) is 4. The van der Waals surface area contributed by atoms with Crippen LogP contribution in [0.15, 0.2) is 36.4 Å². The number of phenolic OH excluding ortho intramolecular Hbond substituents is 1. The van der Waals surface area contributed by atoms with Crippen LogP contribution in [0, 0.1) is 0 Å². The zero-order chi connectivity index (χ0) is 14.8. The largest absolute Gasteiger partial charge is 0.508 e. The normalized spacial score (nSPS) is 10.1. The number of carboxylic acid groups (broad SMARTS) is 2. The second kappa shape index (κ2) is 8.71. The highest BCUT2D eigenvalue weighted by Gasteiger charge is 1.93. The fraction of sp³-hybridized carbons (Fsp3) is 0.231. The van der Waals surface area contributed by atoms with Crippen molar-refractivity contribution in [2.45, 2.75) is 6.54 Å². The van der Waals surface area contributed by atoms with Crippen molar-refractivity contribution in [2.24, 2.45) is 0 Å². The number of aromatic hydroxyl groups is 1. The van der Waals surface area contributed by atoms with E-state index < -0.39 is 11.9 Å². The van der Waals surface area contributed by atoms with Gasteiger partial charge in [0.15, 0.2) is 0 Å². The summed E-state index contributed by atoms with van der Waals surface area (Å²) < 4.78 is 0. The van der Waals surface area contributed by atoms with Crippen LogP contribution < -0.4 is 0 Å². The van der Waals surface area contributed by atoms with Crippen LogP contribution in [0.3, 0.4) is 0 Å². The van der Waals surface area contributed by atoms with Crippen LogP contribution in [0.25, 0.3) is 0 Å². The Labute approximate surface area is 111 Å². The van der Waals surface area contributed by atoms with Gasteiger partial charge in [-0.2, -0.15) is 0 Å². The SMILES string of the molecule is CN(C)Cc1ccc(O)cc1.O=C(O)/C=C\C(=O)O. The zero-order valence-electron chi connectivity index (χ0n) is 10.8. The first kappa shape index (κ1) is 16.7. The minimum absolute atomic E-state index is 0.326. The molecular formula is C13H17NO5. The average Bonchev–Trinajstić information content (AvgIpc) is 2.30. The maximum atomic E-state index is 9.55. The third kappa shape index (κ3) is 10.5. The molecule has 0 saturated carbocycles. The summed E-state index contributed by atoms with van der Waals surface area (Å²) in [5, 5.41) is 24.6. The number of rotatable bonds is 4. The van der Waals surface area contributed by atoms with Crippen molar-refractivity contribution in [1.82, 2.24) is 4.90 Å². The molecule has 1 rings (SSSR count). The van der Waals surface area contributed by atoms with Gasteiger partial charge >= 0.3 is 11.9 Å². The first-order chi connectivity index (χ1) is 8.81. The van der Waals surface area contributed by atoms with E-state index in [9.17, 15) is 9.59 Å². The van der Waals surface area contributed by atoms with E-state index in [2.05, 4.69) is 4.90 Å². The molecule has 0 aromatic heterocycles. The summed E-state index contributed by atoms with van der Waals surface area (Å²) in [5.41, 5.74) is 1.22. The summed E-state index contributed by atoms with van der Waals surface area (Å²) in [5.74, 6) is -2.19. The molecule has 104 valence electrons. The van der Waals surface area contributed by atoms with Gasteiger partial charge in [0.2, 0.25) is 0 Å². The Hall–Kier alpha value is -2.34. The minimum atomic E-state index is -1.26. The van der Waals surface area contributed by atoms with E-state index in [1.165, 1.54) is 5.56 Å². The smallest absolute Gasteiger partial charge is 0.328 e. The third-order valence-corrected chi connectivity index (χ3v) is 1.80. The number of carbonyl (C=O) groups is 2. The molecular weight excluding hydrogens is 250 g/mol. The summed E-state index contributed by atoms with van der Waals surface area (Å²) >= 11 is 0. The third-order valence-electron chi connectivity index (χ3n) is 1.80. The minimum Gasteiger partial charge on any atom is -0.508 e. The summed E-state index contributed by atoms with van der Waals surface area (Å²) in [6.07, 6.45) is 1.12. The van der Waals surface area contributed by atoms with Crippen molar-refractivity contribution >= 4 is 11.9 Å². The quantitative estimate of drug-likeness (QED) is 0.708. The topological polar surface area (TPSA) is 98.1 Å². The zero-order valence-corrected chi connectivity index (χ0v) is 10.8. The first-order valence-corrected chi connectivity index (χ1v) is 5.38. The van der Waals surface area contributed by atoms with Gasteiger partial charge in [-0.05, 0) is 31.8 Å². The molecule has 0 atom stereocenters. The van der Waals surface area contributed by atoms with Crippen molar-refractivity contribution in [3.05, 3.63) is 42.0 Å². The Morgan fingerprint density at radius 2 is 1.47 bits per heavy atom. The number of phenols is 1. The van der Waals surface area contributed by atoms with Crippen molar-refractivity contribution < 1.29 is 24.9 Å². The van der Waals surface area contributed by atoms with E-state index in [0.717, 1.165) is 6.54 Å². The molecule has 3 N–H and O–H groups in total. The second-order valence-electron chi connectivity index (χ2n) is 3.91. The highest BCUT2D eigenvalue weighted by Crippen LogP contribution is 2.10. The number of benzene rings is 1. The van der Waals surface area contributed by atoms with Gasteiger partial charge in [0.1, 0.15) is 5.75 Å². The lowest BCUT2D eigenvalue weighted by Gasteiger charge is -2.08. The Balaban J connectivity index is 0.000000362. The molecule has 0 amide bonds. The van der Waals surface area contributed by atoms with Gasteiger partial charge in [-0.15, -0.1) is 0 Å². The van der Waals surface area contributed by atoms with Crippen LogP contribution in [-0.2, 0) is 16.1 Å². The molecule has 0 aliphatic heterocycles. The van der Waals surface area contributed by atoms with Gasteiger partial charge in [-0.3, -0.25) is 0 Å². The molecule has 0 radical (unpaired) electrons. The molecule has 19 heavy (non-hydrogen) atoms. The van der Waals surface area contributed by atoms with E-state index in [1.54, 1.807) is 12.1 Å². The molecule has 0 heterocycles. The maximum Gasteiger partial charge on any atom is 0.328 e. The van der Waals surface area contributed by atoms with Crippen LogP contribution in [0.2, 0.25) is 0 Å². The summed E-state index contributed by atoms with van der Waals surface area (Å²) in [6.45, 7) is 0.917. The predicted octanol–water partition coefficient (Wildman–Crippen LogP) is 1.17. The lowest BCUT2D eigenvalue weighted by atomic mass is 10.2. The molecule has 6 nitrogen and oxygen atoms in total. The standard InChI is InChI=1S/C9H13NO.C4H4O4/c1-10(2)7-8-3-5-9(11)6-4-8;5-3(6)1-2-4(7)8/h3-6,11H,7H2,1-2H3;1-2H,(H,5,6)(H,7,8)/b;2-1-. The fourth-order valence-corrected chi connectivity index (χ4v) is 1.11. The van der Waals surface area contributed by atoms with Crippen LogP contribution >= 0.6 is 0 Å². The molecule has 0 spiro atoms. The number of aliphatic carboxylic acids is 2. The van der Waals surface area contributed by atoms with Crippen molar-refractivity contribution in [3.63, 3.8) is 0 Å². The van der Waals surface area contributed by atoms with Crippen LogP contribution in [0.4, 0.5) is 0 Å². The van der Waals surface area contributed by atoms with E-state index in [4.69, 9.17) is 15.3 Å². The van der Waals surface area contributed by atoms with Crippen molar-refractivity contribution in [3.8, 4) is 5.75 Å². The highest BCUT2D eigenvalue weighted by atomic mass is 16.4. The Bertz CT molecular complexity index is 421. The molecule has 1 aromatic carbocycles. The molecule has 0 aliphatic carbocycles. The lowest BCUT2D eigenvalue weighted by Crippen LogP contribution is -2.10. The fourth-order valence-electron chi connectivity index (χ4n) is 1.11. The number of carboxylic acids is 2. The molecule has 0 saturated heterocycles. The molecule has 0 fully saturated rings. The van der Waals surface area contributed by atoms with Gasteiger partial charge in [0, 0.05) is 18.7 Å². The van der Waals surface area contributed by atoms with E-state index in [0.29, 0.717) is 17.9 Å². The Kier molecular flexibility index (Phi) is 7.64. The molecule has 6 heteroatoms. The first-order valence-electron chi connectivity index (χ1n) is 5.38. The molecule has 0 bridgehead atoms. The van der Waals surface area contributed by atoms with Gasteiger partial charge in [-0.25, -0.2) is 9.59 Å². The highest BCUT2D eigenvalue weighted by molar-refractivity contribution is 5.89. The summed E-state index contributed by atoms with van der Waals surface area (Å²) in [6, 6.07) is 7.27. The molecule has 1 aromatic rings. The molecule has 0 aliphatic rings. The monoisotopic (exact) mass is 267 g/mol. The van der Waals surface area contributed by atoms with Crippen LogP contribution in [0.5, 0.6) is 5.75 Å². The van der Waals surface area contributed by atoms with Gasteiger partial charge < -0.3 is 20.2 Å². The predicted molar refractivity (Wildman–Crippen MR) is 69.9 cm³/mol. The van der Waals surface area contributed by atoms with Crippen molar-refractivity contribution in [1.29, 1.82) is 0 Å². The van der Waals surface area contributed by atoms with E-state index in [1.807, 2.05) is 26.2 Å². The van der Waals surface area contributed by atoms with Gasteiger partial charge in [0.25, 0.3) is 0 Å².